The van der Waals surface area contributed by atoms with Crippen molar-refractivity contribution in [1.29, 1.82) is 0 Å². The predicted molar refractivity (Wildman–Crippen MR) is 104 cm³/mol. The van der Waals surface area contributed by atoms with Gasteiger partial charge in [0.25, 0.3) is 11.8 Å². The first-order valence-corrected chi connectivity index (χ1v) is 9.04. The van der Waals surface area contributed by atoms with Gasteiger partial charge in [0, 0.05) is 11.7 Å². The van der Waals surface area contributed by atoms with E-state index in [4.69, 9.17) is 4.74 Å². The smallest absolute Gasteiger partial charge is 0.273 e. The van der Waals surface area contributed by atoms with Crippen molar-refractivity contribution in [3.63, 3.8) is 0 Å². The molecule has 1 aromatic heterocycles. The van der Waals surface area contributed by atoms with Crippen LogP contribution in [0.3, 0.4) is 0 Å². The monoisotopic (exact) mass is 365 g/mol. The minimum Gasteiger partial charge on any atom is -0.493 e. The number of ether oxygens (including phenoxy) is 1. The van der Waals surface area contributed by atoms with Gasteiger partial charge in [-0.1, -0.05) is 43.7 Å². The molecule has 0 saturated heterocycles. The number of aromatic nitrogens is 1. The Labute approximate surface area is 158 Å². The highest BCUT2D eigenvalue weighted by atomic mass is 16.5. The Balaban J connectivity index is 1.58. The number of amides is 2. The fourth-order valence-corrected chi connectivity index (χ4v) is 2.77. The Kier molecular flexibility index (Phi) is 6.10. The van der Waals surface area contributed by atoms with Crippen LogP contribution in [0.15, 0.2) is 60.8 Å². The van der Waals surface area contributed by atoms with E-state index in [-0.39, 0.29) is 12.5 Å². The number of carbonyl (C=O) groups excluding carboxylic acids is 2. The Hall–Kier alpha value is -3.28. The molecule has 0 unspecified atom stereocenters. The van der Waals surface area contributed by atoms with E-state index >= 15 is 0 Å². The number of nitrogens with one attached hydrogen (secondary N) is 2. The van der Waals surface area contributed by atoms with Gasteiger partial charge in [0.1, 0.15) is 12.3 Å². The highest BCUT2D eigenvalue weighted by molar-refractivity contribution is 5.97. The molecule has 1 heterocycles. The second-order valence-electron chi connectivity index (χ2n) is 6.20. The van der Waals surface area contributed by atoms with Crippen molar-refractivity contribution in [3.8, 4) is 5.75 Å². The first-order valence-electron chi connectivity index (χ1n) is 9.04. The molecule has 3 aromatic rings. The lowest BCUT2D eigenvalue weighted by Crippen LogP contribution is -2.43. The van der Waals surface area contributed by atoms with E-state index in [0.717, 1.165) is 23.7 Å². The van der Waals surface area contributed by atoms with Crippen molar-refractivity contribution in [2.75, 3.05) is 6.61 Å². The number of unbranched alkanes of at least 4 members (excludes halogenated alkanes) is 1. The summed E-state index contributed by atoms with van der Waals surface area (Å²) in [5.41, 5.74) is 6.28. The van der Waals surface area contributed by atoms with Gasteiger partial charge < -0.3 is 9.30 Å². The summed E-state index contributed by atoms with van der Waals surface area (Å²) in [4.78, 5) is 24.6. The summed E-state index contributed by atoms with van der Waals surface area (Å²) in [5, 5.41) is 1.06. The molecule has 2 aromatic carbocycles. The zero-order valence-corrected chi connectivity index (χ0v) is 15.3. The van der Waals surface area contributed by atoms with Crippen molar-refractivity contribution >= 4 is 22.7 Å². The molecule has 0 aliphatic heterocycles. The number of fused-ring (bicyclic) bond motifs is 1. The first kappa shape index (κ1) is 18.5. The number of nitrogens with zero attached hydrogens (tertiary/aromatic N) is 1. The summed E-state index contributed by atoms with van der Waals surface area (Å²) >= 11 is 0. The molecule has 2 amide bonds. The van der Waals surface area contributed by atoms with Crippen LogP contribution in [0.4, 0.5) is 0 Å². The predicted octanol–water partition coefficient (Wildman–Crippen LogP) is 3.28. The van der Waals surface area contributed by atoms with Crippen LogP contribution in [0.1, 0.15) is 30.1 Å². The molecule has 0 radical (unpaired) electrons. The maximum atomic E-state index is 12.4. The zero-order valence-electron chi connectivity index (χ0n) is 15.3. The van der Waals surface area contributed by atoms with Crippen molar-refractivity contribution < 1.29 is 14.3 Å². The molecule has 140 valence electrons. The highest BCUT2D eigenvalue weighted by Gasteiger charge is 2.13. The lowest BCUT2D eigenvalue weighted by molar-refractivity contribution is -0.122. The van der Waals surface area contributed by atoms with Crippen LogP contribution in [-0.2, 0) is 11.3 Å². The van der Waals surface area contributed by atoms with Crippen molar-refractivity contribution in [2.45, 2.75) is 26.3 Å². The van der Waals surface area contributed by atoms with E-state index in [1.54, 1.807) is 18.2 Å². The molecular formula is C21H23N3O3. The first-order chi connectivity index (χ1) is 13.2. The quantitative estimate of drug-likeness (QED) is 0.498. The van der Waals surface area contributed by atoms with Crippen LogP contribution < -0.4 is 15.6 Å². The van der Waals surface area contributed by atoms with Gasteiger partial charge in [-0.05, 0) is 36.1 Å². The highest BCUT2D eigenvalue weighted by Crippen LogP contribution is 2.18. The third-order valence-corrected chi connectivity index (χ3v) is 4.20. The molecule has 27 heavy (non-hydrogen) atoms. The van der Waals surface area contributed by atoms with E-state index in [1.165, 1.54) is 0 Å². The summed E-state index contributed by atoms with van der Waals surface area (Å²) in [6.07, 6.45) is 3.78. The third kappa shape index (κ3) is 4.67. The number of hydrogen-bond donors (Lipinski definition) is 2. The molecule has 0 aliphatic rings. The zero-order chi connectivity index (χ0) is 19.1. The Morgan fingerprint density at radius 2 is 1.78 bits per heavy atom. The SMILES string of the molecule is CCCCOc1ccccc1C(=O)NNC(=O)Cn1ccc2ccccc21. The standard InChI is InChI=1S/C21H23N3O3/c1-2-3-14-27-19-11-7-5-9-17(19)21(26)23-22-20(25)15-24-13-12-16-8-4-6-10-18(16)24/h4-13H,2-3,14-15H2,1H3,(H,22,25)(H,23,26). The van der Waals surface area contributed by atoms with Crippen LogP contribution in [0.2, 0.25) is 0 Å². The Morgan fingerprint density at radius 1 is 1.00 bits per heavy atom. The molecule has 0 atom stereocenters. The van der Waals surface area contributed by atoms with E-state index in [0.29, 0.717) is 17.9 Å². The molecule has 3 rings (SSSR count). The molecule has 2 N–H and O–H groups in total. The van der Waals surface area contributed by atoms with Gasteiger partial charge in [-0.3, -0.25) is 20.4 Å². The van der Waals surface area contributed by atoms with Crippen LogP contribution in [0.5, 0.6) is 5.75 Å². The number of benzene rings is 2. The summed E-state index contributed by atoms with van der Waals surface area (Å²) in [7, 11) is 0. The van der Waals surface area contributed by atoms with E-state index < -0.39 is 5.91 Å². The molecular weight excluding hydrogens is 342 g/mol. The Bertz CT molecular complexity index is 933. The van der Waals surface area contributed by atoms with Crippen molar-refractivity contribution in [3.05, 3.63) is 66.4 Å². The number of carbonyl (C=O) groups is 2. The second-order valence-corrected chi connectivity index (χ2v) is 6.20. The van der Waals surface area contributed by atoms with Gasteiger partial charge >= 0.3 is 0 Å². The maximum absolute atomic E-state index is 12.4. The van der Waals surface area contributed by atoms with Gasteiger partial charge in [0.15, 0.2) is 0 Å². The van der Waals surface area contributed by atoms with E-state index in [1.807, 2.05) is 47.2 Å². The van der Waals surface area contributed by atoms with Gasteiger partial charge in [-0.25, -0.2) is 0 Å². The number of hydrazine groups is 1. The largest absolute Gasteiger partial charge is 0.493 e. The molecule has 0 bridgehead atoms. The second kappa shape index (κ2) is 8.89. The Morgan fingerprint density at radius 3 is 2.63 bits per heavy atom. The minimum atomic E-state index is -0.409. The van der Waals surface area contributed by atoms with Crippen LogP contribution in [0, 0.1) is 0 Å². The lowest BCUT2D eigenvalue weighted by atomic mass is 10.2. The van der Waals surface area contributed by atoms with Crippen molar-refractivity contribution in [1.82, 2.24) is 15.4 Å². The molecule has 0 fully saturated rings. The fraction of sp³-hybridized carbons (Fsp3) is 0.238. The van der Waals surface area contributed by atoms with Gasteiger partial charge in [-0.2, -0.15) is 0 Å². The molecule has 0 spiro atoms. The summed E-state index contributed by atoms with van der Waals surface area (Å²) in [6, 6.07) is 16.8. The van der Waals surface area contributed by atoms with Gasteiger partial charge in [-0.15, -0.1) is 0 Å². The average Bonchev–Trinajstić information content (AvgIpc) is 3.10. The number of rotatable bonds is 7. The lowest BCUT2D eigenvalue weighted by Gasteiger charge is -2.12. The van der Waals surface area contributed by atoms with Crippen molar-refractivity contribution in [2.24, 2.45) is 0 Å². The van der Waals surface area contributed by atoms with Crippen LogP contribution >= 0.6 is 0 Å². The third-order valence-electron chi connectivity index (χ3n) is 4.20. The maximum Gasteiger partial charge on any atom is 0.273 e. The summed E-state index contributed by atoms with van der Waals surface area (Å²) in [6.45, 7) is 2.74. The van der Waals surface area contributed by atoms with Crippen LogP contribution in [-0.4, -0.2) is 23.0 Å². The number of para-hydroxylation sites is 2. The van der Waals surface area contributed by atoms with Gasteiger partial charge in [0.05, 0.1) is 12.2 Å². The summed E-state index contributed by atoms with van der Waals surface area (Å²) < 4.78 is 7.49. The van der Waals surface area contributed by atoms with E-state index in [9.17, 15) is 9.59 Å². The number of hydrogen-bond acceptors (Lipinski definition) is 3. The normalized spacial score (nSPS) is 10.6. The fourth-order valence-electron chi connectivity index (χ4n) is 2.77. The van der Waals surface area contributed by atoms with Gasteiger partial charge in [0.2, 0.25) is 0 Å². The van der Waals surface area contributed by atoms with E-state index in [2.05, 4.69) is 17.8 Å². The topological polar surface area (TPSA) is 72.4 Å². The van der Waals surface area contributed by atoms with Crippen LogP contribution in [0.25, 0.3) is 10.9 Å². The molecule has 6 heteroatoms. The summed E-state index contributed by atoms with van der Waals surface area (Å²) in [5.74, 6) is -0.212. The average molecular weight is 365 g/mol. The minimum absolute atomic E-state index is 0.114. The molecule has 0 saturated carbocycles. The molecule has 0 aliphatic carbocycles. The molecule has 6 nitrogen and oxygen atoms in total.